The van der Waals surface area contributed by atoms with Gasteiger partial charge >= 0.3 is 6.18 Å². The van der Waals surface area contributed by atoms with Crippen molar-refractivity contribution in [1.29, 1.82) is 0 Å². The SMILES string of the molecule is NNc1nc(-c2cccc(C(F)(F)F)c2)nc2c1CSC2. The van der Waals surface area contributed by atoms with E-state index in [0.29, 0.717) is 17.1 Å². The van der Waals surface area contributed by atoms with Crippen molar-refractivity contribution in [3.8, 4) is 11.4 Å². The molecule has 2 heterocycles. The summed E-state index contributed by atoms with van der Waals surface area (Å²) in [6, 6.07) is 4.97. The largest absolute Gasteiger partial charge is 0.416 e. The fraction of sp³-hybridized carbons (Fsp3) is 0.231. The number of thioether (sulfide) groups is 1. The van der Waals surface area contributed by atoms with Crippen LogP contribution in [0.25, 0.3) is 11.4 Å². The van der Waals surface area contributed by atoms with Crippen LogP contribution in [0.5, 0.6) is 0 Å². The number of nitrogens with two attached hydrogens (primary N) is 1. The van der Waals surface area contributed by atoms with E-state index in [-0.39, 0.29) is 5.82 Å². The van der Waals surface area contributed by atoms with Crippen LogP contribution in [0, 0.1) is 0 Å². The number of nitrogens with one attached hydrogen (secondary N) is 1. The van der Waals surface area contributed by atoms with Crippen LogP contribution in [0.4, 0.5) is 19.0 Å². The molecule has 0 saturated heterocycles. The van der Waals surface area contributed by atoms with Gasteiger partial charge in [-0.25, -0.2) is 15.8 Å². The lowest BCUT2D eigenvalue weighted by atomic mass is 10.1. The van der Waals surface area contributed by atoms with Gasteiger partial charge in [0.1, 0.15) is 5.82 Å². The summed E-state index contributed by atoms with van der Waals surface area (Å²) >= 11 is 1.67. The van der Waals surface area contributed by atoms with Crippen molar-refractivity contribution in [2.75, 3.05) is 5.43 Å². The predicted molar refractivity (Wildman–Crippen MR) is 75.3 cm³/mol. The number of hydrogen-bond donors (Lipinski definition) is 2. The van der Waals surface area contributed by atoms with Crippen LogP contribution in [-0.4, -0.2) is 9.97 Å². The van der Waals surface area contributed by atoms with Gasteiger partial charge in [0, 0.05) is 22.6 Å². The number of anilines is 1. The summed E-state index contributed by atoms with van der Waals surface area (Å²) in [5.74, 6) is 7.61. The second-order valence-corrected chi connectivity index (χ2v) is 5.52. The molecule has 110 valence electrons. The highest BCUT2D eigenvalue weighted by Crippen LogP contribution is 2.35. The first-order chi connectivity index (χ1) is 9.99. The van der Waals surface area contributed by atoms with E-state index in [0.717, 1.165) is 29.1 Å². The molecule has 0 radical (unpaired) electrons. The Hall–Kier alpha value is -1.80. The molecular weight excluding hydrogens is 301 g/mol. The van der Waals surface area contributed by atoms with E-state index in [1.807, 2.05) is 0 Å². The summed E-state index contributed by atoms with van der Waals surface area (Å²) in [6.45, 7) is 0. The number of hydrazine groups is 1. The maximum absolute atomic E-state index is 12.8. The van der Waals surface area contributed by atoms with Crippen molar-refractivity contribution < 1.29 is 13.2 Å². The second-order valence-electron chi connectivity index (χ2n) is 4.54. The lowest BCUT2D eigenvalue weighted by molar-refractivity contribution is -0.137. The number of aromatic nitrogens is 2. The molecule has 0 fully saturated rings. The topological polar surface area (TPSA) is 63.8 Å². The second kappa shape index (κ2) is 5.19. The van der Waals surface area contributed by atoms with Crippen molar-refractivity contribution in [3.05, 3.63) is 41.1 Å². The van der Waals surface area contributed by atoms with Gasteiger partial charge in [-0.2, -0.15) is 24.9 Å². The molecule has 0 atom stereocenters. The number of rotatable bonds is 2. The van der Waals surface area contributed by atoms with Gasteiger partial charge in [0.15, 0.2) is 5.82 Å². The summed E-state index contributed by atoms with van der Waals surface area (Å²) in [5.41, 5.74) is 3.82. The lowest BCUT2D eigenvalue weighted by Crippen LogP contribution is -2.13. The van der Waals surface area contributed by atoms with Gasteiger partial charge in [0.25, 0.3) is 0 Å². The van der Waals surface area contributed by atoms with Crippen LogP contribution in [0.3, 0.4) is 0 Å². The molecule has 1 aliphatic heterocycles. The van der Waals surface area contributed by atoms with E-state index >= 15 is 0 Å². The third kappa shape index (κ3) is 2.68. The fourth-order valence-electron chi connectivity index (χ4n) is 2.13. The molecule has 8 heteroatoms. The molecule has 0 amide bonds. The zero-order valence-corrected chi connectivity index (χ0v) is 11.6. The smallest absolute Gasteiger partial charge is 0.308 e. The number of nitrogens with zero attached hydrogens (tertiary/aromatic N) is 2. The summed E-state index contributed by atoms with van der Waals surface area (Å²) in [5, 5.41) is 0. The highest BCUT2D eigenvalue weighted by atomic mass is 32.2. The third-order valence-corrected chi connectivity index (χ3v) is 4.13. The van der Waals surface area contributed by atoms with E-state index in [4.69, 9.17) is 5.84 Å². The quantitative estimate of drug-likeness (QED) is 0.658. The van der Waals surface area contributed by atoms with Gasteiger partial charge in [-0.05, 0) is 12.1 Å². The van der Waals surface area contributed by atoms with Crippen LogP contribution >= 0.6 is 11.8 Å². The fourth-order valence-corrected chi connectivity index (χ4v) is 3.18. The van der Waals surface area contributed by atoms with Gasteiger partial charge in [-0.15, -0.1) is 0 Å². The standard InChI is InChI=1S/C13H11F3N4S/c14-13(15,16)8-3-1-2-7(4-8)11-18-10-6-21-5-9(10)12(19-11)20-17/h1-4H,5-6,17H2,(H,18,19,20). The molecule has 1 aliphatic rings. The zero-order chi connectivity index (χ0) is 15.0. The maximum atomic E-state index is 12.8. The summed E-state index contributed by atoms with van der Waals surface area (Å²) in [7, 11) is 0. The Kier molecular flexibility index (Phi) is 3.50. The Morgan fingerprint density at radius 2 is 2.00 bits per heavy atom. The number of halogens is 3. The Morgan fingerprint density at radius 1 is 1.19 bits per heavy atom. The molecule has 1 aromatic carbocycles. The van der Waals surface area contributed by atoms with Gasteiger partial charge < -0.3 is 5.43 Å². The Morgan fingerprint density at radius 3 is 2.71 bits per heavy atom. The number of hydrogen-bond acceptors (Lipinski definition) is 5. The first-order valence-corrected chi connectivity index (χ1v) is 7.26. The normalized spacial score (nSPS) is 14.1. The van der Waals surface area contributed by atoms with E-state index < -0.39 is 11.7 Å². The molecule has 4 nitrogen and oxygen atoms in total. The maximum Gasteiger partial charge on any atom is 0.416 e. The van der Waals surface area contributed by atoms with Gasteiger partial charge in [-0.1, -0.05) is 12.1 Å². The number of nitrogen functional groups attached to an aromatic ring is 1. The molecule has 3 rings (SSSR count). The van der Waals surface area contributed by atoms with Crippen LogP contribution in [0.15, 0.2) is 24.3 Å². The van der Waals surface area contributed by atoms with Crippen molar-refractivity contribution in [2.45, 2.75) is 17.7 Å². The predicted octanol–water partition coefficient (Wildman–Crippen LogP) is 3.19. The van der Waals surface area contributed by atoms with Gasteiger partial charge in [0.05, 0.1) is 11.3 Å². The molecule has 1 aromatic heterocycles. The molecule has 0 bridgehead atoms. The molecule has 21 heavy (non-hydrogen) atoms. The van der Waals surface area contributed by atoms with E-state index in [9.17, 15) is 13.2 Å². The molecule has 0 aliphatic carbocycles. The zero-order valence-electron chi connectivity index (χ0n) is 10.7. The summed E-state index contributed by atoms with van der Waals surface area (Å²) in [6.07, 6.45) is -4.39. The first kappa shape index (κ1) is 14.2. The molecule has 0 unspecified atom stereocenters. The molecule has 0 spiro atoms. The average molecular weight is 312 g/mol. The van der Waals surface area contributed by atoms with Crippen LogP contribution in [-0.2, 0) is 17.7 Å². The Bertz CT molecular complexity index is 688. The van der Waals surface area contributed by atoms with Crippen LogP contribution < -0.4 is 11.3 Å². The van der Waals surface area contributed by atoms with E-state index in [1.54, 1.807) is 17.8 Å². The van der Waals surface area contributed by atoms with Crippen LogP contribution in [0.1, 0.15) is 16.8 Å². The summed E-state index contributed by atoms with van der Waals surface area (Å²) < 4.78 is 38.3. The molecular formula is C13H11F3N4S. The molecule has 2 aromatic rings. The highest BCUT2D eigenvalue weighted by Gasteiger charge is 2.31. The number of fused-ring (bicyclic) bond motifs is 1. The van der Waals surface area contributed by atoms with Crippen molar-refractivity contribution in [1.82, 2.24) is 9.97 Å². The number of alkyl halides is 3. The highest BCUT2D eigenvalue weighted by molar-refractivity contribution is 7.98. The van der Waals surface area contributed by atoms with Crippen molar-refractivity contribution >= 4 is 17.6 Å². The van der Waals surface area contributed by atoms with Crippen molar-refractivity contribution in [3.63, 3.8) is 0 Å². The van der Waals surface area contributed by atoms with E-state index in [2.05, 4.69) is 15.4 Å². The monoisotopic (exact) mass is 312 g/mol. The number of benzene rings is 1. The summed E-state index contributed by atoms with van der Waals surface area (Å²) in [4.78, 5) is 8.59. The minimum atomic E-state index is -4.39. The third-order valence-electron chi connectivity index (χ3n) is 3.16. The Labute approximate surface area is 122 Å². The minimum Gasteiger partial charge on any atom is -0.308 e. The average Bonchev–Trinajstić information content (AvgIpc) is 2.93. The minimum absolute atomic E-state index is 0.246. The van der Waals surface area contributed by atoms with E-state index in [1.165, 1.54) is 6.07 Å². The van der Waals surface area contributed by atoms with Gasteiger partial charge in [0.2, 0.25) is 0 Å². The van der Waals surface area contributed by atoms with Gasteiger partial charge in [-0.3, -0.25) is 0 Å². The lowest BCUT2D eigenvalue weighted by Gasteiger charge is -2.11. The van der Waals surface area contributed by atoms with Crippen LogP contribution in [0.2, 0.25) is 0 Å². The molecule has 3 N–H and O–H groups in total. The Balaban J connectivity index is 2.09. The van der Waals surface area contributed by atoms with Crippen molar-refractivity contribution in [2.24, 2.45) is 5.84 Å². The molecule has 0 saturated carbocycles. The first-order valence-electron chi connectivity index (χ1n) is 6.11.